The van der Waals surface area contributed by atoms with Crippen LogP contribution in [-0.4, -0.2) is 30.4 Å². The molecule has 0 saturated heterocycles. The highest BCUT2D eigenvalue weighted by molar-refractivity contribution is 5.20. The first-order valence-electron chi connectivity index (χ1n) is 7.04. The van der Waals surface area contributed by atoms with Crippen LogP contribution >= 0.6 is 0 Å². The van der Waals surface area contributed by atoms with E-state index in [1.54, 1.807) is 0 Å². The topological polar surface area (TPSA) is 46.1 Å². The van der Waals surface area contributed by atoms with Crippen LogP contribution in [0.4, 0.5) is 0 Å². The van der Waals surface area contributed by atoms with Crippen LogP contribution in [0.5, 0.6) is 5.75 Å². The van der Waals surface area contributed by atoms with Gasteiger partial charge in [-0.15, -0.1) is 0 Å². The van der Waals surface area contributed by atoms with E-state index in [1.165, 1.54) is 32.1 Å². The molecule has 1 aliphatic rings. The van der Waals surface area contributed by atoms with Gasteiger partial charge in [-0.3, -0.25) is 0 Å². The molecular weight excluding hydrogens is 226 g/mol. The molecule has 100 valence electrons. The number of aliphatic hydroxyl groups excluding tert-OH is 1. The van der Waals surface area contributed by atoms with Crippen LogP contribution in [0, 0.1) is 0 Å². The average Bonchev–Trinajstić information content (AvgIpc) is 2.45. The third-order valence-corrected chi connectivity index (χ3v) is 3.58. The molecule has 0 bridgehead atoms. The van der Waals surface area contributed by atoms with Gasteiger partial charge in [0.25, 0.3) is 0 Å². The second-order valence-electron chi connectivity index (χ2n) is 5.15. The number of quaternary nitrogens is 1. The SMILES string of the molecule is O[C@H](C[NH2+]C1CCCCC1)COc1ccccc1. The van der Waals surface area contributed by atoms with Gasteiger partial charge in [0.1, 0.15) is 25.0 Å². The first-order chi connectivity index (χ1) is 8.84. The lowest BCUT2D eigenvalue weighted by Crippen LogP contribution is -2.92. The van der Waals surface area contributed by atoms with Crippen LogP contribution in [0.3, 0.4) is 0 Å². The molecule has 3 nitrogen and oxygen atoms in total. The Hall–Kier alpha value is -1.06. The quantitative estimate of drug-likeness (QED) is 0.800. The Bertz CT molecular complexity index is 323. The van der Waals surface area contributed by atoms with Crippen molar-refractivity contribution in [1.29, 1.82) is 0 Å². The summed E-state index contributed by atoms with van der Waals surface area (Å²) in [4.78, 5) is 0. The fraction of sp³-hybridized carbons (Fsp3) is 0.600. The number of benzene rings is 1. The molecule has 0 heterocycles. The normalized spacial score (nSPS) is 18.5. The predicted molar refractivity (Wildman–Crippen MR) is 71.6 cm³/mol. The van der Waals surface area contributed by atoms with E-state index in [4.69, 9.17) is 4.74 Å². The molecule has 18 heavy (non-hydrogen) atoms. The van der Waals surface area contributed by atoms with Crippen molar-refractivity contribution in [1.82, 2.24) is 0 Å². The Morgan fingerprint density at radius 2 is 1.89 bits per heavy atom. The standard InChI is InChI=1S/C15H23NO2/c17-14(11-16-13-7-3-1-4-8-13)12-18-15-9-5-2-6-10-15/h2,5-6,9-10,13-14,16-17H,1,3-4,7-8,11-12H2/p+1/t14-/m1/s1. The smallest absolute Gasteiger partial charge is 0.137 e. The number of hydrogen-bond donors (Lipinski definition) is 2. The van der Waals surface area contributed by atoms with Crippen molar-refractivity contribution in [3.05, 3.63) is 30.3 Å². The number of hydrogen-bond acceptors (Lipinski definition) is 2. The summed E-state index contributed by atoms with van der Waals surface area (Å²) in [6.45, 7) is 1.13. The predicted octanol–water partition coefficient (Wildman–Crippen LogP) is 1.32. The second-order valence-corrected chi connectivity index (χ2v) is 5.15. The van der Waals surface area contributed by atoms with Crippen molar-refractivity contribution < 1.29 is 15.2 Å². The minimum atomic E-state index is -0.382. The molecule has 3 heteroatoms. The highest BCUT2D eigenvalue weighted by Gasteiger charge is 2.17. The van der Waals surface area contributed by atoms with Crippen molar-refractivity contribution in [2.45, 2.75) is 44.2 Å². The molecule has 3 N–H and O–H groups in total. The average molecular weight is 250 g/mol. The summed E-state index contributed by atoms with van der Waals surface area (Å²) < 4.78 is 5.54. The van der Waals surface area contributed by atoms with Gasteiger partial charge in [0.15, 0.2) is 0 Å². The van der Waals surface area contributed by atoms with E-state index in [0.29, 0.717) is 12.6 Å². The van der Waals surface area contributed by atoms with Gasteiger partial charge in [-0.25, -0.2) is 0 Å². The van der Waals surface area contributed by atoms with Crippen molar-refractivity contribution in [2.24, 2.45) is 0 Å². The van der Waals surface area contributed by atoms with Crippen molar-refractivity contribution in [2.75, 3.05) is 13.2 Å². The summed E-state index contributed by atoms with van der Waals surface area (Å²) in [6, 6.07) is 10.4. The van der Waals surface area contributed by atoms with Gasteiger partial charge < -0.3 is 15.2 Å². The van der Waals surface area contributed by atoms with Crippen LogP contribution in [0.1, 0.15) is 32.1 Å². The second kappa shape index (κ2) is 7.39. The maximum Gasteiger partial charge on any atom is 0.137 e. The summed E-state index contributed by atoms with van der Waals surface area (Å²) in [5, 5.41) is 12.2. The summed E-state index contributed by atoms with van der Waals surface area (Å²) in [5.74, 6) is 0.828. The van der Waals surface area contributed by atoms with Gasteiger partial charge >= 0.3 is 0 Å². The molecule has 1 saturated carbocycles. The van der Waals surface area contributed by atoms with Gasteiger partial charge in [0.05, 0.1) is 6.04 Å². The summed E-state index contributed by atoms with van der Waals surface area (Å²) in [7, 11) is 0. The summed E-state index contributed by atoms with van der Waals surface area (Å²) in [6.07, 6.45) is 6.28. The molecule has 1 aliphatic carbocycles. The highest BCUT2D eigenvalue weighted by atomic mass is 16.5. The van der Waals surface area contributed by atoms with E-state index >= 15 is 0 Å². The monoisotopic (exact) mass is 250 g/mol. The first kappa shape index (κ1) is 13.4. The molecule has 2 rings (SSSR count). The molecule has 0 aliphatic heterocycles. The number of para-hydroxylation sites is 1. The van der Waals surface area contributed by atoms with Gasteiger partial charge in [-0.1, -0.05) is 24.6 Å². The number of rotatable bonds is 6. The number of ether oxygens (including phenoxy) is 1. The molecule has 1 atom stereocenters. The van der Waals surface area contributed by atoms with Crippen molar-refractivity contribution >= 4 is 0 Å². The van der Waals surface area contributed by atoms with Crippen molar-refractivity contribution in [3.8, 4) is 5.75 Å². The van der Waals surface area contributed by atoms with E-state index in [0.717, 1.165) is 12.3 Å². The van der Waals surface area contributed by atoms with E-state index in [-0.39, 0.29) is 6.10 Å². The van der Waals surface area contributed by atoms with Crippen LogP contribution in [0.2, 0.25) is 0 Å². The summed E-state index contributed by atoms with van der Waals surface area (Å²) >= 11 is 0. The van der Waals surface area contributed by atoms with Crippen LogP contribution in [0.15, 0.2) is 30.3 Å². The molecule has 1 aromatic carbocycles. The molecule has 0 spiro atoms. The maximum absolute atomic E-state index is 9.88. The minimum absolute atomic E-state index is 0.382. The lowest BCUT2D eigenvalue weighted by atomic mass is 9.95. The van der Waals surface area contributed by atoms with Gasteiger partial charge in [0, 0.05) is 0 Å². The summed E-state index contributed by atoms with van der Waals surface area (Å²) in [5.41, 5.74) is 0. The van der Waals surface area contributed by atoms with E-state index in [9.17, 15) is 5.11 Å². The lowest BCUT2D eigenvalue weighted by molar-refractivity contribution is -0.697. The Labute approximate surface area is 109 Å². The van der Waals surface area contributed by atoms with Gasteiger partial charge in [0.2, 0.25) is 0 Å². The third kappa shape index (κ3) is 4.67. The minimum Gasteiger partial charge on any atom is -0.491 e. The van der Waals surface area contributed by atoms with E-state index in [1.807, 2.05) is 30.3 Å². The molecule has 0 radical (unpaired) electrons. The van der Waals surface area contributed by atoms with Gasteiger partial charge in [-0.2, -0.15) is 0 Å². The molecule has 0 amide bonds. The zero-order chi connectivity index (χ0) is 12.6. The number of aliphatic hydroxyl groups is 1. The zero-order valence-electron chi connectivity index (χ0n) is 10.9. The van der Waals surface area contributed by atoms with Crippen LogP contribution in [-0.2, 0) is 0 Å². The van der Waals surface area contributed by atoms with E-state index < -0.39 is 0 Å². The maximum atomic E-state index is 9.88. The Morgan fingerprint density at radius 1 is 1.17 bits per heavy atom. The number of nitrogens with two attached hydrogens (primary N) is 1. The Morgan fingerprint density at radius 3 is 2.61 bits per heavy atom. The largest absolute Gasteiger partial charge is 0.491 e. The van der Waals surface area contributed by atoms with Crippen LogP contribution < -0.4 is 10.1 Å². The Kier molecular flexibility index (Phi) is 5.49. The van der Waals surface area contributed by atoms with Crippen molar-refractivity contribution in [3.63, 3.8) is 0 Å². The highest BCUT2D eigenvalue weighted by Crippen LogP contribution is 2.14. The molecule has 1 aromatic rings. The van der Waals surface area contributed by atoms with Gasteiger partial charge in [-0.05, 0) is 37.8 Å². The fourth-order valence-electron chi connectivity index (χ4n) is 2.50. The van der Waals surface area contributed by atoms with E-state index in [2.05, 4.69) is 5.32 Å². The first-order valence-corrected chi connectivity index (χ1v) is 7.04. The lowest BCUT2D eigenvalue weighted by Gasteiger charge is -2.21. The van der Waals surface area contributed by atoms with Crippen LogP contribution in [0.25, 0.3) is 0 Å². The third-order valence-electron chi connectivity index (χ3n) is 3.58. The fourth-order valence-corrected chi connectivity index (χ4v) is 2.50. The molecular formula is C15H24NO2+. The molecule has 0 aromatic heterocycles. The Balaban J connectivity index is 1.61. The molecule has 0 unspecified atom stereocenters. The molecule has 1 fully saturated rings. The zero-order valence-corrected chi connectivity index (χ0v) is 10.9.